The molecule has 4 heteroatoms. The molecule has 0 aromatic carbocycles. The second-order valence-corrected chi connectivity index (χ2v) is 16.9. The lowest BCUT2D eigenvalue weighted by atomic mass is 10.0. The van der Waals surface area contributed by atoms with E-state index in [1.54, 1.807) is 6.08 Å². The van der Waals surface area contributed by atoms with E-state index in [1.165, 1.54) is 186 Å². The highest BCUT2D eigenvalue weighted by molar-refractivity contribution is 5.76. The highest BCUT2D eigenvalue weighted by atomic mass is 16.3. The van der Waals surface area contributed by atoms with E-state index >= 15 is 0 Å². The number of hydrogen-bond donors (Lipinski definition) is 3. The first-order valence-electron chi connectivity index (χ1n) is 24.9. The Morgan fingerprint density at radius 2 is 0.750 bits per heavy atom. The fourth-order valence-electron chi connectivity index (χ4n) is 7.46. The number of amides is 1. The summed E-state index contributed by atoms with van der Waals surface area (Å²) < 4.78 is 0. The number of rotatable bonds is 45. The molecule has 0 spiro atoms. The molecule has 56 heavy (non-hydrogen) atoms. The largest absolute Gasteiger partial charge is 0.394 e. The summed E-state index contributed by atoms with van der Waals surface area (Å²) in [7, 11) is 0. The van der Waals surface area contributed by atoms with Crippen LogP contribution in [0.1, 0.15) is 258 Å². The average Bonchev–Trinajstić information content (AvgIpc) is 3.20. The third kappa shape index (κ3) is 43.5. The van der Waals surface area contributed by atoms with Gasteiger partial charge < -0.3 is 15.5 Å². The number of aliphatic hydroxyl groups excluding tert-OH is 2. The zero-order chi connectivity index (χ0) is 40.7. The van der Waals surface area contributed by atoms with Crippen LogP contribution in [0.2, 0.25) is 0 Å². The van der Waals surface area contributed by atoms with E-state index in [2.05, 4.69) is 55.6 Å². The number of allylic oxidation sites excluding steroid dienone is 7. The van der Waals surface area contributed by atoms with Crippen LogP contribution in [0.3, 0.4) is 0 Å². The molecule has 0 fully saturated rings. The van der Waals surface area contributed by atoms with Crippen molar-refractivity contribution >= 4 is 5.91 Å². The van der Waals surface area contributed by atoms with E-state index in [0.717, 1.165) is 51.4 Å². The van der Waals surface area contributed by atoms with E-state index in [-0.39, 0.29) is 12.5 Å². The SMILES string of the molecule is CCCCCC/C=C\C/C=C\CCCCCCCC(=O)NC(CO)C(O)/C=C/CC/C=C/CCCCCCCCCCCCCCCCCCCCCCCC. The van der Waals surface area contributed by atoms with Crippen LogP contribution in [-0.2, 0) is 4.79 Å². The quantitative estimate of drug-likeness (QED) is 0.0425. The van der Waals surface area contributed by atoms with Crippen molar-refractivity contribution in [1.29, 1.82) is 0 Å². The van der Waals surface area contributed by atoms with Crippen LogP contribution in [0.5, 0.6) is 0 Å². The minimum absolute atomic E-state index is 0.0869. The van der Waals surface area contributed by atoms with Crippen LogP contribution in [0.4, 0.5) is 0 Å². The molecule has 0 aromatic rings. The van der Waals surface area contributed by atoms with Gasteiger partial charge in [0, 0.05) is 6.42 Å². The summed E-state index contributed by atoms with van der Waals surface area (Å²) in [6.45, 7) is 4.29. The smallest absolute Gasteiger partial charge is 0.220 e. The lowest BCUT2D eigenvalue weighted by molar-refractivity contribution is -0.123. The summed E-state index contributed by atoms with van der Waals surface area (Å²) in [5.41, 5.74) is 0. The Morgan fingerprint density at radius 1 is 0.429 bits per heavy atom. The van der Waals surface area contributed by atoms with Gasteiger partial charge in [-0.15, -0.1) is 0 Å². The van der Waals surface area contributed by atoms with E-state index in [4.69, 9.17) is 0 Å². The van der Waals surface area contributed by atoms with Gasteiger partial charge in [0.1, 0.15) is 0 Å². The van der Waals surface area contributed by atoms with E-state index in [9.17, 15) is 15.0 Å². The first-order chi connectivity index (χ1) is 27.7. The molecule has 0 radical (unpaired) electrons. The second kappa shape index (κ2) is 47.7. The van der Waals surface area contributed by atoms with Gasteiger partial charge in [0.25, 0.3) is 0 Å². The van der Waals surface area contributed by atoms with Crippen molar-refractivity contribution in [1.82, 2.24) is 5.32 Å². The van der Waals surface area contributed by atoms with Crippen molar-refractivity contribution in [3.63, 3.8) is 0 Å². The highest BCUT2D eigenvalue weighted by Crippen LogP contribution is 2.16. The van der Waals surface area contributed by atoms with Crippen molar-refractivity contribution in [2.24, 2.45) is 0 Å². The van der Waals surface area contributed by atoms with Crippen LogP contribution in [0, 0.1) is 0 Å². The van der Waals surface area contributed by atoms with Gasteiger partial charge in [0.15, 0.2) is 0 Å². The lowest BCUT2D eigenvalue weighted by Gasteiger charge is -2.19. The van der Waals surface area contributed by atoms with Crippen molar-refractivity contribution in [2.75, 3.05) is 6.61 Å². The van der Waals surface area contributed by atoms with Crippen LogP contribution >= 0.6 is 0 Å². The van der Waals surface area contributed by atoms with Crippen molar-refractivity contribution in [3.8, 4) is 0 Å². The third-order valence-electron chi connectivity index (χ3n) is 11.3. The molecule has 0 aromatic heterocycles. The summed E-state index contributed by atoms with van der Waals surface area (Å²) >= 11 is 0. The molecular weight excluding hydrogens is 687 g/mol. The molecule has 0 aliphatic heterocycles. The van der Waals surface area contributed by atoms with E-state index in [0.29, 0.717) is 6.42 Å². The predicted molar refractivity (Wildman–Crippen MR) is 248 cm³/mol. The van der Waals surface area contributed by atoms with E-state index < -0.39 is 12.1 Å². The Hall–Kier alpha value is -1.65. The van der Waals surface area contributed by atoms with Gasteiger partial charge in [-0.3, -0.25) is 4.79 Å². The van der Waals surface area contributed by atoms with Crippen molar-refractivity contribution in [3.05, 3.63) is 48.6 Å². The minimum atomic E-state index is -0.869. The zero-order valence-electron chi connectivity index (χ0n) is 37.7. The number of unbranched alkanes of at least 4 members (excludes halogenated alkanes) is 32. The van der Waals surface area contributed by atoms with E-state index in [1.807, 2.05) is 6.08 Å². The molecule has 0 heterocycles. The summed E-state index contributed by atoms with van der Waals surface area (Å²) in [6.07, 6.45) is 65.4. The summed E-state index contributed by atoms with van der Waals surface area (Å²) in [4.78, 5) is 12.4. The summed E-state index contributed by atoms with van der Waals surface area (Å²) in [6, 6.07) is -0.647. The fourth-order valence-corrected chi connectivity index (χ4v) is 7.46. The normalized spacial score (nSPS) is 13.3. The number of carbonyl (C=O) groups excluding carboxylic acids is 1. The average molecular weight is 784 g/mol. The maximum absolute atomic E-state index is 12.4. The number of nitrogens with one attached hydrogen (secondary N) is 1. The molecule has 328 valence electrons. The van der Waals surface area contributed by atoms with Crippen molar-refractivity contribution in [2.45, 2.75) is 270 Å². The third-order valence-corrected chi connectivity index (χ3v) is 11.3. The van der Waals surface area contributed by atoms with Gasteiger partial charge in [-0.05, 0) is 64.2 Å². The topological polar surface area (TPSA) is 69.6 Å². The van der Waals surface area contributed by atoms with Gasteiger partial charge >= 0.3 is 0 Å². The minimum Gasteiger partial charge on any atom is -0.394 e. The lowest BCUT2D eigenvalue weighted by Crippen LogP contribution is -2.45. The first-order valence-corrected chi connectivity index (χ1v) is 24.9. The molecule has 0 aliphatic rings. The van der Waals surface area contributed by atoms with Gasteiger partial charge in [0.2, 0.25) is 5.91 Å². The molecule has 2 unspecified atom stereocenters. The van der Waals surface area contributed by atoms with Gasteiger partial charge in [-0.2, -0.15) is 0 Å². The molecule has 0 saturated heterocycles. The molecular formula is C52H97NO3. The Bertz CT molecular complexity index is 893. The molecule has 0 rings (SSSR count). The van der Waals surface area contributed by atoms with Crippen molar-refractivity contribution < 1.29 is 15.0 Å². The Morgan fingerprint density at radius 3 is 1.16 bits per heavy atom. The zero-order valence-corrected chi connectivity index (χ0v) is 37.7. The van der Waals surface area contributed by atoms with Crippen LogP contribution in [-0.4, -0.2) is 34.9 Å². The van der Waals surface area contributed by atoms with Crippen LogP contribution < -0.4 is 5.32 Å². The first kappa shape index (κ1) is 54.3. The Balaban J connectivity index is 3.56. The molecule has 2 atom stereocenters. The molecule has 4 nitrogen and oxygen atoms in total. The standard InChI is InChI=1S/C52H97NO3/c1-3-5-7-9-11-13-15-17-19-21-22-23-24-25-26-27-28-29-30-31-32-33-35-37-39-41-43-45-47-51(55)50(49-54)53-52(56)48-46-44-42-40-38-36-34-20-18-16-14-12-10-8-6-4-2/h14,16,20,34,37,39,45,47,50-51,54-55H,3-13,15,17-19,21-33,35-36,38,40-44,46,48-49H2,1-2H3,(H,53,56)/b16-14-,34-20-,39-37+,47-45+. The predicted octanol–water partition coefficient (Wildman–Crippen LogP) is 15.9. The Kier molecular flexibility index (Phi) is 46.3. The Labute approximate surface area is 350 Å². The number of carbonyl (C=O) groups is 1. The number of aliphatic hydroxyl groups is 2. The summed E-state index contributed by atoms with van der Waals surface area (Å²) in [5, 5.41) is 23.0. The van der Waals surface area contributed by atoms with Crippen LogP contribution in [0.25, 0.3) is 0 Å². The molecule has 0 aliphatic carbocycles. The molecule has 3 N–H and O–H groups in total. The molecule has 1 amide bonds. The second-order valence-electron chi connectivity index (χ2n) is 16.9. The number of hydrogen-bond acceptors (Lipinski definition) is 3. The van der Waals surface area contributed by atoms with Gasteiger partial charge in [0.05, 0.1) is 18.8 Å². The van der Waals surface area contributed by atoms with Crippen LogP contribution in [0.15, 0.2) is 48.6 Å². The van der Waals surface area contributed by atoms with Gasteiger partial charge in [-0.1, -0.05) is 236 Å². The molecule has 0 saturated carbocycles. The maximum atomic E-state index is 12.4. The monoisotopic (exact) mass is 784 g/mol. The summed E-state index contributed by atoms with van der Waals surface area (Å²) in [5.74, 6) is -0.0869. The molecule has 0 bridgehead atoms. The highest BCUT2D eigenvalue weighted by Gasteiger charge is 2.17. The fraction of sp³-hybridized carbons (Fsp3) is 0.827. The van der Waals surface area contributed by atoms with Gasteiger partial charge in [-0.25, -0.2) is 0 Å². The maximum Gasteiger partial charge on any atom is 0.220 e.